The van der Waals surface area contributed by atoms with Crippen molar-refractivity contribution in [1.29, 1.82) is 0 Å². The first kappa shape index (κ1) is 16.2. The van der Waals surface area contributed by atoms with E-state index < -0.39 is 0 Å². The number of hydrogen-bond acceptors (Lipinski definition) is 6. The molecule has 1 aromatic heterocycles. The molecule has 0 aliphatic carbocycles. The summed E-state index contributed by atoms with van der Waals surface area (Å²) in [7, 11) is 0. The molecule has 7 heteroatoms. The zero-order valence-electron chi connectivity index (χ0n) is 11.9. The number of aromatic nitrogens is 2. The van der Waals surface area contributed by atoms with Gasteiger partial charge in [0.2, 0.25) is 11.0 Å². The Bertz CT molecular complexity index is 397. The molecule has 0 aromatic carbocycles. The van der Waals surface area contributed by atoms with Gasteiger partial charge in [-0.1, -0.05) is 36.4 Å². The molecular weight excluding hydrogens is 280 g/mol. The van der Waals surface area contributed by atoms with E-state index in [4.69, 9.17) is 0 Å². The first-order valence-corrected chi connectivity index (χ1v) is 8.30. The van der Waals surface area contributed by atoms with Crippen LogP contribution in [0.1, 0.15) is 40.5 Å². The highest BCUT2D eigenvalue weighted by atomic mass is 32.2. The van der Waals surface area contributed by atoms with Crippen molar-refractivity contribution in [2.24, 2.45) is 0 Å². The topological polar surface area (TPSA) is 66.9 Å². The van der Waals surface area contributed by atoms with Crippen LogP contribution in [-0.4, -0.2) is 33.9 Å². The third-order valence-corrected chi connectivity index (χ3v) is 4.56. The second-order valence-corrected chi connectivity index (χ2v) is 6.93. The Morgan fingerprint density at radius 1 is 1.37 bits per heavy atom. The van der Waals surface area contributed by atoms with Gasteiger partial charge in [-0.15, -0.1) is 10.2 Å². The van der Waals surface area contributed by atoms with Gasteiger partial charge in [0, 0.05) is 12.6 Å². The number of carbonyl (C=O) groups excluding carboxylic acids is 1. The minimum absolute atomic E-state index is 0.0613. The van der Waals surface area contributed by atoms with E-state index in [2.05, 4.69) is 27.8 Å². The largest absolute Gasteiger partial charge is 0.360 e. The molecule has 0 radical (unpaired) electrons. The third-order valence-electron chi connectivity index (χ3n) is 2.49. The third kappa shape index (κ3) is 5.78. The summed E-state index contributed by atoms with van der Waals surface area (Å²) in [5.74, 6) is 0.0613. The molecule has 0 aliphatic heterocycles. The lowest BCUT2D eigenvalue weighted by Gasteiger charge is -2.15. The van der Waals surface area contributed by atoms with Crippen LogP contribution < -0.4 is 10.6 Å². The van der Waals surface area contributed by atoms with E-state index in [-0.39, 0.29) is 17.2 Å². The maximum Gasteiger partial charge on any atom is 0.233 e. The van der Waals surface area contributed by atoms with Gasteiger partial charge in [-0.3, -0.25) is 4.79 Å². The number of rotatable bonds is 8. The number of thioether (sulfide) groups is 1. The second kappa shape index (κ2) is 8.37. The molecule has 1 rings (SSSR count). The molecule has 1 amide bonds. The Morgan fingerprint density at radius 3 is 2.74 bits per heavy atom. The number of carbonyl (C=O) groups is 1. The van der Waals surface area contributed by atoms with Crippen molar-refractivity contribution >= 4 is 34.1 Å². The smallest absolute Gasteiger partial charge is 0.233 e. The summed E-state index contributed by atoms with van der Waals surface area (Å²) < 4.78 is 0.821. The standard InChI is InChI=1S/C12H22N4OS2/c1-5-7-8(3)14-10(17)9(4)18-12-16-15-11(19-12)13-6-2/h8-9H,5-7H2,1-4H3,(H,13,15)(H,14,17). The fourth-order valence-corrected chi connectivity index (χ4v) is 3.52. The fourth-order valence-electron chi connectivity index (χ4n) is 1.55. The molecule has 19 heavy (non-hydrogen) atoms. The number of nitrogens with zero attached hydrogens (tertiary/aromatic N) is 2. The van der Waals surface area contributed by atoms with Gasteiger partial charge in [-0.2, -0.15) is 0 Å². The van der Waals surface area contributed by atoms with Crippen molar-refractivity contribution in [3.8, 4) is 0 Å². The van der Waals surface area contributed by atoms with Crippen LogP contribution in [0.2, 0.25) is 0 Å². The van der Waals surface area contributed by atoms with Crippen molar-refractivity contribution in [2.75, 3.05) is 11.9 Å². The van der Waals surface area contributed by atoms with E-state index in [1.54, 1.807) is 0 Å². The summed E-state index contributed by atoms with van der Waals surface area (Å²) in [6.07, 6.45) is 2.08. The zero-order chi connectivity index (χ0) is 14.3. The second-order valence-electron chi connectivity index (χ2n) is 4.36. The summed E-state index contributed by atoms with van der Waals surface area (Å²) in [5.41, 5.74) is 0. The lowest BCUT2D eigenvalue weighted by molar-refractivity contribution is -0.120. The Kier molecular flexibility index (Phi) is 7.15. The summed E-state index contributed by atoms with van der Waals surface area (Å²) in [6.45, 7) is 8.88. The van der Waals surface area contributed by atoms with E-state index in [1.165, 1.54) is 23.1 Å². The molecule has 1 aromatic rings. The minimum atomic E-state index is -0.151. The van der Waals surface area contributed by atoms with Gasteiger partial charge in [-0.25, -0.2) is 0 Å². The van der Waals surface area contributed by atoms with Crippen LogP contribution in [0.5, 0.6) is 0 Å². The van der Waals surface area contributed by atoms with Crippen molar-refractivity contribution < 1.29 is 4.79 Å². The SMILES string of the molecule is CCCC(C)NC(=O)C(C)Sc1nnc(NCC)s1. The van der Waals surface area contributed by atoms with Crippen LogP contribution >= 0.6 is 23.1 Å². The molecule has 0 bridgehead atoms. The van der Waals surface area contributed by atoms with Gasteiger partial charge >= 0.3 is 0 Å². The molecule has 2 N–H and O–H groups in total. The Balaban J connectivity index is 2.44. The summed E-state index contributed by atoms with van der Waals surface area (Å²) in [4.78, 5) is 12.0. The predicted octanol–water partition coefficient (Wildman–Crippen LogP) is 2.76. The van der Waals surface area contributed by atoms with E-state index in [1.807, 2.05) is 20.8 Å². The van der Waals surface area contributed by atoms with E-state index in [0.717, 1.165) is 28.9 Å². The highest BCUT2D eigenvalue weighted by Crippen LogP contribution is 2.28. The Hall–Kier alpha value is -0.820. The average molecular weight is 302 g/mol. The summed E-state index contributed by atoms with van der Waals surface area (Å²) in [5, 5.41) is 14.9. The normalized spacial score (nSPS) is 13.9. The first-order chi connectivity index (χ1) is 9.06. The van der Waals surface area contributed by atoms with E-state index >= 15 is 0 Å². The lowest BCUT2D eigenvalue weighted by atomic mass is 10.2. The van der Waals surface area contributed by atoms with Crippen LogP contribution in [0.4, 0.5) is 5.13 Å². The maximum absolute atomic E-state index is 12.0. The molecule has 2 atom stereocenters. The van der Waals surface area contributed by atoms with Crippen LogP contribution in [0.15, 0.2) is 4.34 Å². The molecule has 0 saturated heterocycles. The molecular formula is C12H22N4OS2. The number of nitrogens with one attached hydrogen (secondary N) is 2. The van der Waals surface area contributed by atoms with Gasteiger partial charge in [0.25, 0.3) is 0 Å². The number of amides is 1. The lowest BCUT2D eigenvalue weighted by Crippen LogP contribution is -2.37. The zero-order valence-corrected chi connectivity index (χ0v) is 13.5. The van der Waals surface area contributed by atoms with E-state index in [0.29, 0.717) is 0 Å². The number of anilines is 1. The number of hydrogen-bond donors (Lipinski definition) is 2. The molecule has 1 heterocycles. The van der Waals surface area contributed by atoms with Gasteiger partial charge in [0.1, 0.15) is 0 Å². The summed E-state index contributed by atoms with van der Waals surface area (Å²) >= 11 is 2.93. The molecule has 0 saturated carbocycles. The van der Waals surface area contributed by atoms with Gasteiger partial charge < -0.3 is 10.6 Å². The Morgan fingerprint density at radius 2 is 2.11 bits per heavy atom. The van der Waals surface area contributed by atoms with Crippen molar-refractivity contribution in [3.05, 3.63) is 0 Å². The Labute approximate surface area is 123 Å². The average Bonchev–Trinajstić information content (AvgIpc) is 2.77. The highest BCUT2D eigenvalue weighted by Gasteiger charge is 2.18. The van der Waals surface area contributed by atoms with Crippen LogP contribution in [0.3, 0.4) is 0 Å². The predicted molar refractivity (Wildman–Crippen MR) is 81.9 cm³/mol. The molecule has 5 nitrogen and oxygen atoms in total. The van der Waals surface area contributed by atoms with E-state index in [9.17, 15) is 4.79 Å². The maximum atomic E-state index is 12.0. The van der Waals surface area contributed by atoms with Crippen molar-refractivity contribution in [3.63, 3.8) is 0 Å². The van der Waals surface area contributed by atoms with Crippen LogP contribution in [-0.2, 0) is 4.79 Å². The van der Waals surface area contributed by atoms with Crippen molar-refractivity contribution in [1.82, 2.24) is 15.5 Å². The van der Waals surface area contributed by atoms with Crippen LogP contribution in [0, 0.1) is 0 Å². The monoisotopic (exact) mass is 302 g/mol. The summed E-state index contributed by atoms with van der Waals surface area (Å²) in [6, 6.07) is 0.229. The molecule has 0 fully saturated rings. The van der Waals surface area contributed by atoms with Gasteiger partial charge in [0.15, 0.2) is 4.34 Å². The quantitative estimate of drug-likeness (QED) is 0.723. The fraction of sp³-hybridized carbons (Fsp3) is 0.750. The van der Waals surface area contributed by atoms with Crippen LogP contribution in [0.25, 0.3) is 0 Å². The molecule has 0 spiro atoms. The minimum Gasteiger partial charge on any atom is -0.360 e. The molecule has 2 unspecified atom stereocenters. The first-order valence-electron chi connectivity index (χ1n) is 6.61. The van der Waals surface area contributed by atoms with Gasteiger partial charge in [0.05, 0.1) is 5.25 Å². The molecule has 0 aliphatic rings. The van der Waals surface area contributed by atoms with Gasteiger partial charge in [-0.05, 0) is 27.2 Å². The highest BCUT2D eigenvalue weighted by molar-refractivity contribution is 8.02. The van der Waals surface area contributed by atoms with Crippen molar-refractivity contribution in [2.45, 2.75) is 56.2 Å². The molecule has 108 valence electrons.